The van der Waals surface area contributed by atoms with Crippen molar-refractivity contribution >= 4 is 11.7 Å². The smallest absolute Gasteiger partial charge is 0.347 e. The van der Waals surface area contributed by atoms with Crippen LogP contribution in [0.25, 0.3) is 0 Å². The van der Waals surface area contributed by atoms with Crippen LogP contribution in [-0.4, -0.2) is 37.3 Å². The molecule has 0 N–H and O–H groups in total. The van der Waals surface area contributed by atoms with Crippen molar-refractivity contribution in [1.82, 2.24) is 0 Å². The van der Waals surface area contributed by atoms with Crippen molar-refractivity contribution in [2.24, 2.45) is 0 Å². The van der Waals surface area contributed by atoms with E-state index in [1.807, 2.05) is 0 Å². The lowest BCUT2D eigenvalue weighted by Gasteiger charge is -2.17. The summed E-state index contributed by atoms with van der Waals surface area (Å²) >= 11 is 0. The lowest BCUT2D eigenvalue weighted by atomic mass is 10.2. The molecule has 0 aliphatic carbocycles. The second-order valence-electron chi connectivity index (χ2n) is 4.24. The van der Waals surface area contributed by atoms with E-state index in [1.54, 1.807) is 14.0 Å². The Morgan fingerprint density at radius 2 is 2.00 bits per heavy atom. The van der Waals surface area contributed by atoms with Crippen molar-refractivity contribution in [3.63, 3.8) is 0 Å². The van der Waals surface area contributed by atoms with Crippen LogP contribution in [0.4, 0.5) is 5.69 Å². The predicted molar refractivity (Wildman–Crippen MR) is 75.3 cm³/mol. The fourth-order valence-corrected chi connectivity index (χ4v) is 1.68. The highest BCUT2D eigenvalue weighted by molar-refractivity contribution is 5.75. The summed E-state index contributed by atoms with van der Waals surface area (Å²) in [6.07, 6.45) is 0.345. The van der Waals surface area contributed by atoms with E-state index in [9.17, 15) is 14.9 Å². The molecule has 1 atom stereocenters. The minimum atomic E-state index is -0.749. The maximum Gasteiger partial charge on any atom is 0.347 e. The molecule has 1 aromatic carbocycles. The zero-order valence-electron chi connectivity index (χ0n) is 12.1. The molecule has 1 aromatic rings. The van der Waals surface area contributed by atoms with E-state index in [0.717, 1.165) is 0 Å². The molecule has 0 spiro atoms. The number of nitro benzene ring substituents is 1. The number of hydrogen-bond acceptors (Lipinski definition) is 6. The summed E-state index contributed by atoms with van der Waals surface area (Å²) in [7, 11) is 1.58. The maximum atomic E-state index is 11.8. The highest BCUT2D eigenvalue weighted by Crippen LogP contribution is 2.20. The van der Waals surface area contributed by atoms with Gasteiger partial charge in [0.15, 0.2) is 6.10 Å². The van der Waals surface area contributed by atoms with Gasteiger partial charge in [-0.05, 0) is 31.9 Å². The van der Waals surface area contributed by atoms with Crippen molar-refractivity contribution in [3.05, 3.63) is 34.4 Å². The van der Waals surface area contributed by atoms with Crippen LogP contribution in [0.5, 0.6) is 5.75 Å². The number of methoxy groups -OCH3 is 1. The molecule has 1 rings (SSSR count). The highest BCUT2D eigenvalue weighted by atomic mass is 16.6. The van der Waals surface area contributed by atoms with Gasteiger partial charge in [0.05, 0.1) is 11.5 Å². The third-order valence-corrected chi connectivity index (χ3v) is 2.69. The third-order valence-electron chi connectivity index (χ3n) is 2.69. The number of non-ortho nitro benzene ring substituents is 1. The standard InChI is InChI=1S/C14H19NO6/c1-3-20-14(16)13(5-4-10-19-2)21-12-8-6-11(7-9-12)15(17)18/h6-9,13H,3-5,10H2,1-2H3. The molecular formula is C14H19NO6. The lowest BCUT2D eigenvalue weighted by Crippen LogP contribution is -2.29. The van der Waals surface area contributed by atoms with E-state index in [2.05, 4.69) is 0 Å². The van der Waals surface area contributed by atoms with Crippen LogP contribution in [0.3, 0.4) is 0 Å². The van der Waals surface area contributed by atoms with Gasteiger partial charge in [-0.3, -0.25) is 10.1 Å². The zero-order valence-corrected chi connectivity index (χ0v) is 12.1. The molecule has 0 saturated carbocycles. The fraction of sp³-hybridized carbons (Fsp3) is 0.500. The molecule has 1 unspecified atom stereocenters. The van der Waals surface area contributed by atoms with E-state index in [-0.39, 0.29) is 12.3 Å². The molecule has 0 aliphatic rings. The first-order valence-corrected chi connectivity index (χ1v) is 6.65. The van der Waals surface area contributed by atoms with E-state index >= 15 is 0 Å². The second-order valence-corrected chi connectivity index (χ2v) is 4.24. The Labute approximate surface area is 123 Å². The summed E-state index contributed by atoms with van der Waals surface area (Å²) in [6.45, 7) is 2.50. The van der Waals surface area contributed by atoms with Crippen molar-refractivity contribution in [2.75, 3.05) is 20.3 Å². The van der Waals surface area contributed by atoms with Gasteiger partial charge in [-0.25, -0.2) is 4.79 Å². The summed E-state index contributed by atoms with van der Waals surface area (Å²) in [5.41, 5.74) is -0.0329. The van der Waals surface area contributed by atoms with Crippen LogP contribution in [0, 0.1) is 10.1 Å². The Morgan fingerprint density at radius 1 is 1.33 bits per heavy atom. The van der Waals surface area contributed by atoms with Gasteiger partial charge in [0, 0.05) is 25.8 Å². The van der Waals surface area contributed by atoms with Crippen LogP contribution in [-0.2, 0) is 14.3 Å². The number of esters is 1. The van der Waals surface area contributed by atoms with Crippen LogP contribution in [0.1, 0.15) is 19.8 Å². The molecule has 116 valence electrons. The molecule has 7 nitrogen and oxygen atoms in total. The summed E-state index contributed by atoms with van der Waals surface area (Å²) < 4.78 is 15.5. The SMILES string of the molecule is CCOC(=O)C(CCCOC)Oc1ccc([N+](=O)[O-])cc1. The van der Waals surface area contributed by atoms with Gasteiger partial charge in [0.25, 0.3) is 5.69 Å². The summed E-state index contributed by atoms with van der Waals surface area (Å²) in [5.74, 6) is -0.0666. The molecule has 0 radical (unpaired) electrons. The van der Waals surface area contributed by atoms with Gasteiger partial charge in [-0.15, -0.1) is 0 Å². The van der Waals surface area contributed by atoms with Crippen LogP contribution in [0.15, 0.2) is 24.3 Å². The molecule has 0 amide bonds. The van der Waals surface area contributed by atoms with Gasteiger partial charge in [0.2, 0.25) is 0 Å². The molecule has 0 aliphatic heterocycles. The summed E-state index contributed by atoms with van der Waals surface area (Å²) in [6, 6.07) is 5.57. The van der Waals surface area contributed by atoms with E-state index in [0.29, 0.717) is 25.2 Å². The Hall–Kier alpha value is -2.15. The quantitative estimate of drug-likeness (QED) is 0.301. The zero-order chi connectivity index (χ0) is 15.7. The number of ether oxygens (including phenoxy) is 3. The average molecular weight is 297 g/mol. The number of hydrogen-bond donors (Lipinski definition) is 0. The normalized spacial score (nSPS) is 11.7. The maximum absolute atomic E-state index is 11.8. The Bertz CT molecular complexity index is 459. The van der Waals surface area contributed by atoms with Crippen molar-refractivity contribution in [3.8, 4) is 5.75 Å². The van der Waals surface area contributed by atoms with E-state index in [1.165, 1.54) is 24.3 Å². The van der Waals surface area contributed by atoms with E-state index in [4.69, 9.17) is 14.2 Å². The monoisotopic (exact) mass is 297 g/mol. The number of nitrogens with zero attached hydrogens (tertiary/aromatic N) is 1. The molecule has 0 aromatic heterocycles. The highest BCUT2D eigenvalue weighted by Gasteiger charge is 2.21. The average Bonchev–Trinajstić information content (AvgIpc) is 2.47. The fourth-order valence-electron chi connectivity index (χ4n) is 1.68. The minimum absolute atomic E-state index is 0.0329. The second kappa shape index (κ2) is 8.91. The number of nitro groups is 1. The first-order valence-electron chi connectivity index (χ1n) is 6.65. The number of benzene rings is 1. The minimum Gasteiger partial charge on any atom is -0.479 e. The van der Waals surface area contributed by atoms with Crippen LogP contribution < -0.4 is 4.74 Å². The molecule has 21 heavy (non-hydrogen) atoms. The molecule has 0 heterocycles. The predicted octanol–water partition coefficient (Wildman–Crippen LogP) is 2.33. The topological polar surface area (TPSA) is 87.9 Å². The van der Waals surface area contributed by atoms with Crippen LogP contribution in [0.2, 0.25) is 0 Å². The third kappa shape index (κ3) is 5.78. The van der Waals surface area contributed by atoms with Crippen molar-refractivity contribution in [2.45, 2.75) is 25.9 Å². The summed E-state index contributed by atoms with van der Waals surface area (Å²) in [5, 5.41) is 10.6. The number of rotatable bonds is 9. The van der Waals surface area contributed by atoms with Gasteiger partial charge >= 0.3 is 5.97 Å². The molecule has 7 heteroatoms. The largest absolute Gasteiger partial charge is 0.479 e. The molecule has 0 saturated heterocycles. The molecular weight excluding hydrogens is 278 g/mol. The first kappa shape index (κ1) is 16.9. The number of carbonyl (C=O) groups excluding carboxylic acids is 1. The molecule has 0 fully saturated rings. The lowest BCUT2D eigenvalue weighted by molar-refractivity contribution is -0.384. The summed E-state index contributed by atoms with van der Waals surface area (Å²) in [4.78, 5) is 21.9. The number of carbonyl (C=O) groups is 1. The Balaban J connectivity index is 2.69. The van der Waals surface area contributed by atoms with Crippen LogP contribution >= 0.6 is 0 Å². The first-order chi connectivity index (χ1) is 10.1. The van der Waals surface area contributed by atoms with Gasteiger partial charge < -0.3 is 14.2 Å². The van der Waals surface area contributed by atoms with Crippen molar-refractivity contribution in [1.29, 1.82) is 0 Å². The van der Waals surface area contributed by atoms with Gasteiger partial charge in [0.1, 0.15) is 5.75 Å². The Kier molecular flexibility index (Phi) is 7.17. The van der Waals surface area contributed by atoms with E-state index < -0.39 is 17.0 Å². The van der Waals surface area contributed by atoms with Crippen molar-refractivity contribution < 1.29 is 23.9 Å². The Morgan fingerprint density at radius 3 is 2.52 bits per heavy atom. The van der Waals surface area contributed by atoms with Gasteiger partial charge in [-0.2, -0.15) is 0 Å². The molecule has 0 bridgehead atoms. The van der Waals surface area contributed by atoms with Gasteiger partial charge in [-0.1, -0.05) is 0 Å².